The Morgan fingerprint density at radius 2 is 2.20 bits per heavy atom. The highest BCUT2D eigenvalue weighted by Crippen LogP contribution is 2.28. The maximum absolute atomic E-state index is 5.82. The van der Waals surface area contributed by atoms with Crippen LogP contribution in [0.25, 0.3) is 0 Å². The molecule has 1 aromatic rings. The van der Waals surface area contributed by atoms with Gasteiger partial charge in [-0.1, -0.05) is 11.6 Å². The van der Waals surface area contributed by atoms with Crippen LogP contribution in [0.2, 0.25) is 4.47 Å². The Hall–Kier alpha value is -0.160. The molecule has 2 unspecified atom stereocenters. The lowest BCUT2D eigenvalue weighted by Gasteiger charge is -2.15. The van der Waals surface area contributed by atoms with Gasteiger partial charge in [-0.2, -0.15) is 0 Å². The van der Waals surface area contributed by atoms with Crippen molar-refractivity contribution in [2.24, 2.45) is 11.8 Å². The summed E-state index contributed by atoms with van der Waals surface area (Å²) in [5, 5.41) is 3.46. The standard InChI is InChI=1S/C10H14ClN3S/c11-10-13-3-9(15-10)6-14-4-7-1-12-2-8(7)5-14/h3,7-8,12H,1-2,4-6H2. The van der Waals surface area contributed by atoms with Gasteiger partial charge in [-0.25, -0.2) is 4.98 Å². The van der Waals surface area contributed by atoms with E-state index in [1.807, 2.05) is 6.20 Å². The normalized spacial score (nSPS) is 31.0. The quantitative estimate of drug-likeness (QED) is 0.852. The largest absolute Gasteiger partial charge is 0.316 e. The summed E-state index contributed by atoms with van der Waals surface area (Å²) in [6, 6.07) is 0. The molecule has 0 radical (unpaired) electrons. The summed E-state index contributed by atoms with van der Waals surface area (Å²) < 4.78 is 0.658. The van der Waals surface area contributed by atoms with Crippen molar-refractivity contribution < 1.29 is 0 Å². The summed E-state index contributed by atoms with van der Waals surface area (Å²) >= 11 is 7.42. The monoisotopic (exact) mass is 243 g/mol. The average Bonchev–Trinajstić information content (AvgIpc) is 2.81. The Morgan fingerprint density at radius 1 is 1.47 bits per heavy atom. The van der Waals surface area contributed by atoms with E-state index in [4.69, 9.17) is 11.6 Å². The molecule has 2 fully saturated rings. The number of aromatic nitrogens is 1. The van der Waals surface area contributed by atoms with E-state index in [0.717, 1.165) is 18.4 Å². The molecule has 0 amide bonds. The van der Waals surface area contributed by atoms with Gasteiger partial charge in [-0.05, 0) is 24.9 Å². The second-order valence-electron chi connectivity index (χ2n) is 4.45. The van der Waals surface area contributed by atoms with Crippen molar-refractivity contribution in [2.75, 3.05) is 26.2 Å². The molecule has 1 N–H and O–H groups in total. The van der Waals surface area contributed by atoms with Gasteiger partial charge in [-0.15, -0.1) is 11.3 Å². The first kappa shape index (κ1) is 10.0. The minimum Gasteiger partial charge on any atom is -0.316 e. The summed E-state index contributed by atoms with van der Waals surface area (Å²) in [7, 11) is 0. The number of likely N-dealkylation sites (tertiary alicyclic amines) is 1. The summed E-state index contributed by atoms with van der Waals surface area (Å²) in [4.78, 5) is 7.89. The molecule has 0 spiro atoms. The van der Waals surface area contributed by atoms with Crippen LogP contribution in [0.1, 0.15) is 4.88 Å². The Bertz CT molecular complexity index is 342. The molecular formula is C10H14ClN3S. The third-order valence-corrected chi connectivity index (χ3v) is 4.47. The molecule has 1 aromatic heterocycles. The van der Waals surface area contributed by atoms with E-state index in [2.05, 4.69) is 15.2 Å². The number of nitrogens with one attached hydrogen (secondary N) is 1. The highest BCUT2D eigenvalue weighted by Gasteiger charge is 2.35. The molecule has 2 saturated heterocycles. The van der Waals surface area contributed by atoms with E-state index >= 15 is 0 Å². The number of thiazole rings is 1. The first-order valence-electron chi connectivity index (χ1n) is 5.34. The topological polar surface area (TPSA) is 28.2 Å². The fraction of sp³-hybridized carbons (Fsp3) is 0.700. The average molecular weight is 244 g/mol. The molecule has 2 atom stereocenters. The van der Waals surface area contributed by atoms with Crippen molar-refractivity contribution in [3.8, 4) is 0 Å². The number of hydrogen-bond acceptors (Lipinski definition) is 4. The molecule has 3 heterocycles. The molecule has 0 aromatic carbocycles. The SMILES string of the molecule is Clc1ncc(CN2CC3CNCC3C2)s1. The van der Waals surface area contributed by atoms with Crippen LogP contribution in [-0.2, 0) is 6.54 Å². The van der Waals surface area contributed by atoms with Gasteiger partial charge in [0.15, 0.2) is 4.47 Å². The zero-order valence-corrected chi connectivity index (χ0v) is 10.0. The molecule has 5 heteroatoms. The number of hydrogen-bond donors (Lipinski definition) is 1. The molecule has 3 rings (SSSR count). The summed E-state index contributed by atoms with van der Waals surface area (Å²) in [5.74, 6) is 1.74. The van der Waals surface area contributed by atoms with Crippen LogP contribution in [0.3, 0.4) is 0 Å². The zero-order valence-electron chi connectivity index (χ0n) is 8.45. The number of fused-ring (bicyclic) bond motifs is 1. The van der Waals surface area contributed by atoms with Gasteiger partial charge in [-0.3, -0.25) is 4.90 Å². The van der Waals surface area contributed by atoms with E-state index in [0.29, 0.717) is 4.47 Å². The molecule has 0 aliphatic carbocycles. The molecule has 2 aliphatic heterocycles. The van der Waals surface area contributed by atoms with Gasteiger partial charge in [0.2, 0.25) is 0 Å². The molecule has 0 saturated carbocycles. The Morgan fingerprint density at radius 3 is 2.80 bits per heavy atom. The predicted octanol–water partition coefficient (Wildman–Crippen LogP) is 1.45. The van der Waals surface area contributed by atoms with E-state index in [1.165, 1.54) is 31.1 Å². The van der Waals surface area contributed by atoms with E-state index in [-0.39, 0.29) is 0 Å². The molecule has 15 heavy (non-hydrogen) atoms. The van der Waals surface area contributed by atoms with Crippen LogP contribution in [0.4, 0.5) is 0 Å². The van der Waals surface area contributed by atoms with E-state index < -0.39 is 0 Å². The zero-order chi connectivity index (χ0) is 10.3. The number of halogens is 1. The van der Waals surface area contributed by atoms with E-state index in [9.17, 15) is 0 Å². The fourth-order valence-electron chi connectivity index (χ4n) is 2.66. The second-order valence-corrected chi connectivity index (χ2v) is 6.15. The minimum atomic E-state index is 0.658. The Balaban J connectivity index is 1.61. The highest BCUT2D eigenvalue weighted by molar-refractivity contribution is 7.15. The number of nitrogens with zero attached hydrogens (tertiary/aromatic N) is 2. The molecule has 3 nitrogen and oxygen atoms in total. The van der Waals surface area contributed by atoms with Crippen LogP contribution in [0.5, 0.6) is 0 Å². The minimum absolute atomic E-state index is 0.658. The third-order valence-electron chi connectivity index (χ3n) is 3.37. The fourth-order valence-corrected chi connectivity index (χ4v) is 3.68. The van der Waals surface area contributed by atoms with Crippen molar-refractivity contribution in [2.45, 2.75) is 6.54 Å². The maximum atomic E-state index is 5.82. The first-order valence-corrected chi connectivity index (χ1v) is 6.54. The van der Waals surface area contributed by atoms with Gasteiger partial charge < -0.3 is 5.32 Å². The van der Waals surface area contributed by atoms with Gasteiger partial charge in [0.1, 0.15) is 0 Å². The smallest absolute Gasteiger partial charge is 0.183 e. The highest BCUT2D eigenvalue weighted by atomic mass is 35.5. The first-order chi connectivity index (χ1) is 7.31. The number of rotatable bonds is 2. The lowest BCUT2D eigenvalue weighted by atomic mass is 10.0. The Kier molecular flexibility index (Phi) is 2.68. The summed E-state index contributed by atoms with van der Waals surface area (Å²) in [6.07, 6.45) is 1.90. The van der Waals surface area contributed by atoms with Gasteiger partial charge in [0.25, 0.3) is 0 Å². The predicted molar refractivity (Wildman–Crippen MR) is 62.3 cm³/mol. The van der Waals surface area contributed by atoms with Gasteiger partial charge in [0, 0.05) is 30.7 Å². The van der Waals surface area contributed by atoms with E-state index in [1.54, 1.807) is 11.3 Å². The van der Waals surface area contributed by atoms with Crippen molar-refractivity contribution in [1.82, 2.24) is 15.2 Å². The van der Waals surface area contributed by atoms with Gasteiger partial charge >= 0.3 is 0 Å². The molecule has 2 aliphatic rings. The van der Waals surface area contributed by atoms with Crippen molar-refractivity contribution >= 4 is 22.9 Å². The van der Waals surface area contributed by atoms with Crippen LogP contribution in [0.15, 0.2) is 6.20 Å². The molecule has 0 bridgehead atoms. The lowest BCUT2D eigenvalue weighted by Crippen LogP contribution is -2.25. The summed E-state index contributed by atoms with van der Waals surface area (Å²) in [5.41, 5.74) is 0. The molecule has 82 valence electrons. The van der Waals surface area contributed by atoms with Crippen LogP contribution >= 0.6 is 22.9 Å². The molecular weight excluding hydrogens is 230 g/mol. The van der Waals surface area contributed by atoms with Crippen molar-refractivity contribution in [3.05, 3.63) is 15.5 Å². The van der Waals surface area contributed by atoms with Crippen LogP contribution < -0.4 is 5.32 Å². The van der Waals surface area contributed by atoms with Gasteiger partial charge in [0.05, 0.1) is 0 Å². The van der Waals surface area contributed by atoms with Crippen molar-refractivity contribution in [1.29, 1.82) is 0 Å². The van der Waals surface area contributed by atoms with Crippen molar-refractivity contribution in [3.63, 3.8) is 0 Å². The third kappa shape index (κ3) is 2.04. The lowest BCUT2D eigenvalue weighted by molar-refractivity contribution is 0.308. The second kappa shape index (κ2) is 4.01. The van der Waals surface area contributed by atoms with Crippen LogP contribution in [0, 0.1) is 11.8 Å². The van der Waals surface area contributed by atoms with Crippen LogP contribution in [-0.4, -0.2) is 36.1 Å². The maximum Gasteiger partial charge on any atom is 0.183 e. The Labute approximate surface area is 98.4 Å². The summed E-state index contributed by atoms with van der Waals surface area (Å²) in [6.45, 7) is 5.88.